The number of carbonyl (C=O) groups is 1. The molecule has 2 aliphatic rings. The van der Waals surface area contributed by atoms with Gasteiger partial charge in [0.1, 0.15) is 5.82 Å². The van der Waals surface area contributed by atoms with Crippen molar-refractivity contribution < 1.29 is 28.2 Å². The van der Waals surface area contributed by atoms with E-state index in [0.29, 0.717) is 37.2 Å². The molecule has 2 fully saturated rings. The molecule has 2 N–H and O–H groups in total. The van der Waals surface area contributed by atoms with Gasteiger partial charge in [-0.3, -0.25) is 4.79 Å². The Kier molecular flexibility index (Phi) is 6.93. The number of fused-ring (bicyclic) bond motifs is 1. The average Bonchev–Trinajstić information content (AvgIpc) is 2.96. The normalized spacial score (nSPS) is 27.8. The predicted octanol–water partition coefficient (Wildman–Crippen LogP) is 2.59. The summed E-state index contributed by atoms with van der Waals surface area (Å²) in [6.07, 6.45) is -2.43. The van der Waals surface area contributed by atoms with E-state index in [2.05, 4.69) is 4.98 Å². The molecule has 1 saturated carbocycles. The molecule has 1 aromatic rings. The Labute approximate surface area is 160 Å². The first-order chi connectivity index (χ1) is 12.6. The number of aliphatic hydroxyl groups excluding tert-OH is 1. The molecule has 27 heavy (non-hydrogen) atoms. The number of rotatable bonds is 2. The summed E-state index contributed by atoms with van der Waals surface area (Å²) < 4.78 is 38.2. The first kappa shape index (κ1) is 21.7. The van der Waals surface area contributed by atoms with Gasteiger partial charge in [-0.05, 0) is 44.8 Å². The second kappa shape index (κ2) is 8.62. The zero-order chi connectivity index (χ0) is 20.4. The van der Waals surface area contributed by atoms with Gasteiger partial charge in [-0.2, -0.15) is 13.2 Å². The largest absolute Gasteiger partial charge is 0.483 e. The van der Waals surface area contributed by atoms with Crippen LogP contribution in [-0.2, 0) is 11.0 Å². The number of likely N-dealkylation sites (N-methyl/N-ethyl adjacent to an activating group) is 1. The minimum atomic E-state index is -4.45. The number of nitrogens with zero attached hydrogens (tertiary/aromatic N) is 3. The third kappa shape index (κ3) is 5.03. The SMILES string of the molecule is CN(C)[C@@H]1C[C@@H]2CN(c3ncc(C(F)(F)F)cc3Cl)C[C@@H]2C[C@H]1O.O=CO. The second-order valence-corrected chi connectivity index (χ2v) is 7.53. The Morgan fingerprint density at radius 2 is 1.85 bits per heavy atom. The molecule has 10 heteroatoms. The molecule has 0 bridgehead atoms. The van der Waals surface area contributed by atoms with E-state index < -0.39 is 11.7 Å². The van der Waals surface area contributed by atoms with Crippen molar-refractivity contribution in [3.8, 4) is 0 Å². The lowest BCUT2D eigenvalue weighted by Crippen LogP contribution is -2.46. The molecule has 0 unspecified atom stereocenters. The van der Waals surface area contributed by atoms with Crippen LogP contribution >= 0.6 is 11.6 Å². The van der Waals surface area contributed by atoms with E-state index >= 15 is 0 Å². The van der Waals surface area contributed by atoms with Gasteiger partial charge in [0, 0.05) is 25.3 Å². The van der Waals surface area contributed by atoms with Crippen LogP contribution in [0.2, 0.25) is 5.02 Å². The number of aromatic nitrogens is 1. The smallest absolute Gasteiger partial charge is 0.417 e. The zero-order valence-electron chi connectivity index (χ0n) is 15.0. The highest BCUT2D eigenvalue weighted by Crippen LogP contribution is 2.41. The van der Waals surface area contributed by atoms with Crippen LogP contribution in [0.5, 0.6) is 0 Å². The topological polar surface area (TPSA) is 76.9 Å². The summed E-state index contributed by atoms with van der Waals surface area (Å²) in [6.45, 7) is 1.12. The maximum Gasteiger partial charge on any atom is 0.417 e. The molecule has 1 aliphatic heterocycles. The van der Waals surface area contributed by atoms with Gasteiger partial charge < -0.3 is 20.0 Å². The molecule has 4 atom stereocenters. The van der Waals surface area contributed by atoms with E-state index in [1.54, 1.807) is 0 Å². The number of carboxylic acid groups (broad SMARTS) is 1. The fraction of sp³-hybridized carbons (Fsp3) is 0.647. The third-order valence-corrected chi connectivity index (χ3v) is 5.50. The van der Waals surface area contributed by atoms with Gasteiger partial charge in [-0.1, -0.05) is 11.6 Å². The highest BCUT2D eigenvalue weighted by molar-refractivity contribution is 6.33. The van der Waals surface area contributed by atoms with E-state index in [9.17, 15) is 18.3 Å². The number of pyridine rings is 1. The van der Waals surface area contributed by atoms with Gasteiger partial charge in [0.2, 0.25) is 0 Å². The Hall–Kier alpha value is -1.58. The van der Waals surface area contributed by atoms with Crippen LogP contribution in [0.25, 0.3) is 0 Å². The van der Waals surface area contributed by atoms with Crippen LogP contribution in [0.3, 0.4) is 0 Å². The Bertz CT molecular complexity index is 660. The molecule has 2 heterocycles. The first-order valence-corrected chi connectivity index (χ1v) is 8.86. The first-order valence-electron chi connectivity index (χ1n) is 8.48. The molecule has 0 radical (unpaired) electrons. The molecule has 0 aromatic carbocycles. The van der Waals surface area contributed by atoms with Crippen LogP contribution < -0.4 is 4.90 Å². The molecular weight excluding hydrogens is 387 g/mol. The van der Waals surface area contributed by atoms with Crippen molar-refractivity contribution in [1.82, 2.24) is 9.88 Å². The standard InChI is InChI=1S/C16H21ClF3N3O.CH2O2/c1-22(2)13-3-9-7-23(8-10(9)4-14(13)24)15-12(17)5-11(6-21-15)16(18,19)20;2-1-3/h5-6,9-10,13-14,24H,3-4,7-8H2,1-2H3;1H,(H,2,3)/t9-,10+,13-,14-;/m1./s1. The van der Waals surface area contributed by atoms with Gasteiger partial charge in [0.05, 0.1) is 16.7 Å². The maximum atomic E-state index is 12.7. The van der Waals surface area contributed by atoms with Crippen LogP contribution in [0.1, 0.15) is 18.4 Å². The molecule has 0 amide bonds. The lowest BCUT2D eigenvalue weighted by Gasteiger charge is -2.38. The number of aliphatic hydroxyl groups is 1. The molecule has 0 spiro atoms. The molecule has 6 nitrogen and oxygen atoms in total. The number of halogens is 4. The number of hydrogen-bond donors (Lipinski definition) is 2. The number of hydrogen-bond acceptors (Lipinski definition) is 5. The highest BCUT2D eigenvalue weighted by atomic mass is 35.5. The quantitative estimate of drug-likeness (QED) is 0.731. The summed E-state index contributed by atoms with van der Waals surface area (Å²) in [7, 11) is 3.91. The van der Waals surface area contributed by atoms with Gasteiger partial charge >= 0.3 is 6.18 Å². The summed E-state index contributed by atoms with van der Waals surface area (Å²) in [6, 6.07) is 1.05. The molecular formula is C17H23ClF3N3O3. The van der Waals surface area contributed by atoms with Crippen LogP contribution in [-0.4, -0.2) is 65.9 Å². The molecule has 1 aromatic heterocycles. The molecule has 152 valence electrons. The highest BCUT2D eigenvalue weighted by Gasteiger charge is 2.43. The minimum absolute atomic E-state index is 0.0215. The summed E-state index contributed by atoms with van der Waals surface area (Å²) in [4.78, 5) is 16.3. The van der Waals surface area contributed by atoms with E-state index in [1.807, 2.05) is 23.9 Å². The number of alkyl halides is 3. The minimum Gasteiger partial charge on any atom is -0.483 e. The molecule has 1 aliphatic carbocycles. The zero-order valence-corrected chi connectivity index (χ0v) is 15.8. The molecule has 3 rings (SSSR count). The van der Waals surface area contributed by atoms with Crippen molar-refractivity contribution in [3.05, 3.63) is 22.8 Å². The predicted molar refractivity (Wildman–Crippen MR) is 94.9 cm³/mol. The fourth-order valence-electron chi connectivity index (χ4n) is 3.95. The van der Waals surface area contributed by atoms with Gasteiger partial charge in [0.15, 0.2) is 0 Å². The lowest BCUT2D eigenvalue weighted by molar-refractivity contribution is -0.137. The number of anilines is 1. The maximum absolute atomic E-state index is 12.7. The summed E-state index contributed by atoms with van der Waals surface area (Å²) in [5.41, 5.74) is -0.837. The van der Waals surface area contributed by atoms with Crippen molar-refractivity contribution in [2.75, 3.05) is 32.1 Å². The summed E-state index contributed by atoms with van der Waals surface area (Å²) in [5, 5.41) is 17.2. The van der Waals surface area contributed by atoms with Crippen LogP contribution in [0.15, 0.2) is 12.3 Å². The van der Waals surface area contributed by atoms with E-state index in [1.165, 1.54) is 0 Å². The Balaban J connectivity index is 0.000000817. The van der Waals surface area contributed by atoms with Crippen molar-refractivity contribution >= 4 is 23.9 Å². The van der Waals surface area contributed by atoms with Gasteiger partial charge in [-0.15, -0.1) is 0 Å². The van der Waals surface area contributed by atoms with Crippen LogP contribution in [0, 0.1) is 11.8 Å². The van der Waals surface area contributed by atoms with Crippen molar-refractivity contribution in [1.29, 1.82) is 0 Å². The Morgan fingerprint density at radius 1 is 1.30 bits per heavy atom. The third-order valence-electron chi connectivity index (χ3n) is 5.22. The van der Waals surface area contributed by atoms with E-state index in [4.69, 9.17) is 21.5 Å². The lowest BCUT2D eigenvalue weighted by atomic mass is 9.77. The average molecular weight is 410 g/mol. The van der Waals surface area contributed by atoms with E-state index in [-0.39, 0.29) is 23.6 Å². The van der Waals surface area contributed by atoms with Crippen molar-refractivity contribution in [2.24, 2.45) is 11.8 Å². The fourth-order valence-corrected chi connectivity index (χ4v) is 4.24. The van der Waals surface area contributed by atoms with Gasteiger partial charge in [-0.25, -0.2) is 4.98 Å². The van der Waals surface area contributed by atoms with E-state index in [0.717, 1.165) is 18.7 Å². The van der Waals surface area contributed by atoms with Gasteiger partial charge in [0.25, 0.3) is 6.47 Å². The second-order valence-electron chi connectivity index (χ2n) is 7.13. The van der Waals surface area contributed by atoms with Crippen LogP contribution in [0.4, 0.5) is 19.0 Å². The van der Waals surface area contributed by atoms with Crippen molar-refractivity contribution in [3.63, 3.8) is 0 Å². The van der Waals surface area contributed by atoms with Crippen molar-refractivity contribution in [2.45, 2.75) is 31.2 Å². The summed E-state index contributed by atoms with van der Waals surface area (Å²) >= 11 is 6.06. The Morgan fingerprint density at radius 3 is 2.33 bits per heavy atom. The monoisotopic (exact) mass is 409 g/mol. The summed E-state index contributed by atoms with van der Waals surface area (Å²) in [5.74, 6) is 1.10. The molecule has 1 saturated heterocycles.